The molecule has 110 valence electrons. The number of thioether (sulfide) groups is 1. The second-order valence-electron chi connectivity index (χ2n) is 4.51. The van der Waals surface area contributed by atoms with E-state index in [4.69, 9.17) is 4.74 Å². The number of aryl methyl sites for hydroxylation is 1. The Balaban J connectivity index is 1.74. The quantitative estimate of drug-likeness (QED) is 0.658. The van der Waals surface area contributed by atoms with Crippen LogP contribution in [0.3, 0.4) is 0 Å². The Hall–Kier alpha value is -2.01. The number of rotatable bonds is 6. The zero-order valence-corrected chi connectivity index (χ0v) is 12.9. The molecule has 0 aliphatic heterocycles. The van der Waals surface area contributed by atoms with Gasteiger partial charge in [0.2, 0.25) is 5.88 Å². The Morgan fingerprint density at radius 3 is 2.62 bits per heavy atom. The number of nitrogens with one attached hydrogen (secondary N) is 1. The number of hydrogen-bond donors (Lipinski definition) is 1. The van der Waals surface area contributed by atoms with Gasteiger partial charge in [0.05, 0.1) is 12.7 Å². The van der Waals surface area contributed by atoms with Gasteiger partial charge in [-0.2, -0.15) is 0 Å². The van der Waals surface area contributed by atoms with Crippen LogP contribution >= 0.6 is 11.8 Å². The minimum Gasteiger partial charge on any atom is -0.481 e. The first-order valence-corrected chi connectivity index (χ1v) is 7.65. The van der Waals surface area contributed by atoms with Crippen molar-refractivity contribution in [3.05, 3.63) is 53.7 Å². The van der Waals surface area contributed by atoms with Crippen molar-refractivity contribution in [1.29, 1.82) is 0 Å². The van der Waals surface area contributed by atoms with Crippen LogP contribution in [0.25, 0.3) is 0 Å². The maximum atomic E-state index is 11.9. The fourth-order valence-electron chi connectivity index (χ4n) is 1.71. The molecule has 0 atom stereocenters. The van der Waals surface area contributed by atoms with Crippen LogP contribution in [0.1, 0.15) is 15.9 Å². The first kappa shape index (κ1) is 15.4. The van der Waals surface area contributed by atoms with E-state index in [0.29, 0.717) is 18.0 Å². The molecular formula is C16H18N2O2S. The molecule has 4 nitrogen and oxygen atoms in total. The van der Waals surface area contributed by atoms with Crippen LogP contribution < -0.4 is 10.1 Å². The third-order valence-corrected chi connectivity index (χ3v) is 3.90. The van der Waals surface area contributed by atoms with Gasteiger partial charge in [-0.3, -0.25) is 4.79 Å². The zero-order valence-electron chi connectivity index (χ0n) is 12.1. The molecule has 21 heavy (non-hydrogen) atoms. The Kier molecular flexibility index (Phi) is 5.63. The monoisotopic (exact) mass is 302 g/mol. The number of ether oxygens (including phenoxy) is 1. The highest BCUT2D eigenvalue weighted by atomic mass is 32.2. The molecular weight excluding hydrogens is 284 g/mol. The van der Waals surface area contributed by atoms with Gasteiger partial charge in [0.15, 0.2) is 0 Å². The van der Waals surface area contributed by atoms with E-state index < -0.39 is 0 Å². The lowest BCUT2D eigenvalue weighted by Gasteiger charge is -2.06. The SMILES string of the molecule is COc1ccc(C(=O)NCCSc2ccc(C)cc2)cn1. The van der Waals surface area contributed by atoms with Gasteiger partial charge in [-0.25, -0.2) is 4.98 Å². The second kappa shape index (κ2) is 7.69. The Morgan fingerprint density at radius 2 is 2.00 bits per heavy atom. The fraction of sp³-hybridized carbons (Fsp3) is 0.250. The van der Waals surface area contributed by atoms with Crippen molar-refractivity contribution in [3.63, 3.8) is 0 Å². The number of carbonyl (C=O) groups is 1. The lowest BCUT2D eigenvalue weighted by Crippen LogP contribution is -2.25. The molecule has 0 bridgehead atoms. The van der Waals surface area contributed by atoms with Gasteiger partial charge in [0, 0.05) is 29.5 Å². The Morgan fingerprint density at radius 1 is 1.24 bits per heavy atom. The first-order chi connectivity index (χ1) is 10.2. The van der Waals surface area contributed by atoms with Gasteiger partial charge in [-0.05, 0) is 25.1 Å². The molecule has 2 rings (SSSR count). The maximum Gasteiger partial charge on any atom is 0.252 e. The number of carbonyl (C=O) groups excluding carboxylic acids is 1. The molecule has 0 saturated heterocycles. The predicted molar refractivity (Wildman–Crippen MR) is 85.0 cm³/mol. The zero-order chi connectivity index (χ0) is 15.1. The van der Waals surface area contributed by atoms with Crippen LogP contribution in [0, 0.1) is 6.92 Å². The van der Waals surface area contributed by atoms with Gasteiger partial charge in [-0.1, -0.05) is 17.7 Å². The Bertz CT molecular complexity index is 582. The lowest BCUT2D eigenvalue weighted by molar-refractivity contribution is 0.0955. The van der Waals surface area contributed by atoms with E-state index in [1.165, 1.54) is 16.7 Å². The molecule has 1 aromatic carbocycles. The number of aromatic nitrogens is 1. The van der Waals surface area contributed by atoms with Crippen molar-refractivity contribution >= 4 is 17.7 Å². The molecule has 1 amide bonds. The van der Waals surface area contributed by atoms with Crippen LogP contribution in [-0.2, 0) is 0 Å². The molecule has 1 heterocycles. The highest BCUT2D eigenvalue weighted by molar-refractivity contribution is 7.99. The van der Waals surface area contributed by atoms with E-state index >= 15 is 0 Å². The van der Waals surface area contributed by atoms with Gasteiger partial charge >= 0.3 is 0 Å². The molecule has 0 unspecified atom stereocenters. The molecule has 0 saturated carbocycles. The Labute approximate surface area is 128 Å². The van der Waals surface area contributed by atoms with E-state index in [1.54, 1.807) is 31.0 Å². The average Bonchev–Trinajstić information content (AvgIpc) is 2.53. The molecule has 1 aromatic heterocycles. The van der Waals surface area contributed by atoms with Crippen molar-refractivity contribution in [2.24, 2.45) is 0 Å². The predicted octanol–water partition coefficient (Wildman–Crippen LogP) is 2.92. The second-order valence-corrected chi connectivity index (χ2v) is 5.67. The van der Waals surface area contributed by atoms with Crippen LogP contribution in [0.4, 0.5) is 0 Å². The third-order valence-electron chi connectivity index (χ3n) is 2.89. The highest BCUT2D eigenvalue weighted by Crippen LogP contribution is 2.17. The summed E-state index contributed by atoms with van der Waals surface area (Å²) in [5.74, 6) is 1.22. The summed E-state index contributed by atoms with van der Waals surface area (Å²) in [6.45, 7) is 2.68. The van der Waals surface area contributed by atoms with E-state index in [-0.39, 0.29) is 5.91 Å². The summed E-state index contributed by atoms with van der Waals surface area (Å²) < 4.78 is 4.96. The topological polar surface area (TPSA) is 51.2 Å². The summed E-state index contributed by atoms with van der Waals surface area (Å²) in [5.41, 5.74) is 1.79. The summed E-state index contributed by atoms with van der Waals surface area (Å²) in [4.78, 5) is 17.1. The van der Waals surface area contributed by atoms with Crippen molar-refractivity contribution in [2.75, 3.05) is 19.4 Å². The maximum absolute atomic E-state index is 11.9. The number of amides is 1. The summed E-state index contributed by atoms with van der Waals surface area (Å²) >= 11 is 1.72. The van der Waals surface area contributed by atoms with Crippen LogP contribution in [0.2, 0.25) is 0 Å². The summed E-state index contributed by atoms with van der Waals surface area (Å²) in [5, 5.41) is 2.88. The average molecular weight is 302 g/mol. The number of benzene rings is 1. The van der Waals surface area contributed by atoms with Gasteiger partial charge in [0.25, 0.3) is 5.91 Å². The smallest absolute Gasteiger partial charge is 0.252 e. The van der Waals surface area contributed by atoms with Gasteiger partial charge in [0.1, 0.15) is 0 Å². The normalized spacial score (nSPS) is 10.2. The molecule has 5 heteroatoms. The number of nitrogens with zero attached hydrogens (tertiary/aromatic N) is 1. The van der Waals surface area contributed by atoms with E-state index in [9.17, 15) is 4.79 Å². The minimum absolute atomic E-state index is 0.116. The van der Waals surface area contributed by atoms with Crippen LogP contribution in [0.5, 0.6) is 5.88 Å². The molecule has 2 aromatic rings. The molecule has 0 fully saturated rings. The molecule has 1 N–H and O–H groups in total. The molecule has 0 aliphatic carbocycles. The van der Waals surface area contributed by atoms with Crippen molar-refractivity contribution < 1.29 is 9.53 Å². The van der Waals surface area contributed by atoms with E-state index in [1.807, 2.05) is 0 Å². The standard InChI is InChI=1S/C16H18N2O2S/c1-12-3-6-14(7-4-12)21-10-9-17-16(19)13-5-8-15(20-2)18-11-13/h3-8,11H,9-10H2,1-2H3,(H,17,19). The first-order valence-electron chi connectivity index (χ1n) is 6.67. The van der Waals surface area contributed by atoms with E-state index in [2.05, 4.69) is 41.5 Å². The minimum atomic E-state index is -0.116. The number of hydrogen-bond acceptors (Lipinski definition) is 4. The van der Waals surface area contributed by atoms with E-state index in [0.717, 1.165) is 5.75 Å². The van der Waals surface area contributed by atoms with Gasteiger partial charge in [-0.15, -0.1) is 11.8 Å². The summed E-state index contributed by atoms with van der Waals surface area (Å²) in [7, 11) is 1.55. The molecule has 0 aliphatic rings. The number of pyridine rings is 1. The summed E-state index contributed by atoms with van der Waals surface area (Å²) in [6.07, 6.45) is 1.52. The van der Waals surface area contributed by atoms with Crippen molar-refractivity contribution in [1.82, 2.24) is 10.3 Å². The summed E-state index contributed by atoms with van der Waals surface area (Å²) in [6, 6.07) is 11.7. The fourth-order valence-corrected chi connectivity index (χ4v) is 2.47. The van der Waals surface area contributed by atoms with Crippen molar-refractivity contribution in [3.8, 4) is 5.88 Å². The lowest BCUT2D eigenvalue weighted by atomic mass is 10.2. The van der Waals surface area contributed by atoms with Crippen molar-refractivity contribution in [2.45, 2.75) is 11.8 Å². The van der Waals surface area contributed by atoms with Crippen LogP contribution in [0.15, 0.2) is 47.5 Å². The highest BCUT2D eigenvalue weighted by Gasteiger charge is 2.05. The molecule has 0 spiro atoms. The van der Waals surface area contributed by atoms with Gasteiger partial charge < -0.3 is 10.1 Å². The third kappa shape index (κ3) is 4.79. The largest absolute Gasteiger partial charge is 0.481 e. The number of methoxy groups -OCH3 is 1. The molecule has 0 radical (unpaired) electrons. The van der Waals surface area contributed by atoms with Crippen LogP contribution in [-0.4, -0.2) is 30.3 Å².